The molecule has 0 radical (unpaired) electrons. The number of aromatic amines is 1. The molecule has 0 bridgehead atoms. The molecule has 2 rings (SSSR count). The van der Waals surface area contributed by atoms with Gasteiger partial charge in [-0.2, -0.15) is 0 Å². The van der Waals surface area contributed by atoms with Crippen molar-refractivity contribution in [2.45, 2.75) is 65.2 Å². The summed E-state index contributed by atoms with van der Waals surface area (Å²) < 4.78 is 0. The molecule has 4 unspecified atom stereocenters. The highest BCUT2D eigenvalue weighted by Crippen LogP contribution is 2.19. The van der Waals surface area contributed by atoms with Crippen LogP contribution in [0.1, 0.15) is 40.2 Å². The molecule has 1 heterocycles. The third kappa shape index (κ3) is 6.80. The highest BCUT2D eigenvalue weighted by Gasteiger charge is 2.30. The van der Waals surface area contributed by atoms with Crippen molar-refractivity contribution in [2.75, 3.05) is 0 Å². The normalized spacial score (nSPS) is 14.9. The third-order valence-corrected chi connectivity index (χ3v) is 5.68. The molecule has 0 fully saturated rings. The monoisotopic (exact) mass is 473 g/mol. The number of nitrogens with one attached hydrogen (secondary N) is 4. The largest absolute Gasteiger partial charge is 0.480 e. The summed E-state index contributed by atoms with van der Waals surface area (Å²) in [4.78, 5) is 52.5. The van der Waals surface area contributed by atoms with Gasteiger partial charge in [-0.1, -0.05) is 45.9 Å². The molecule has 2 aromatic rings. The number of fused-ring (bicyclic) bond motifs is 1. The Morgan fingerprint density at radius 1 is 0.882 bits per heavy atom. The highest BCUT2D eigenvalue weighted by molar-refractivity contribution is 5.94. The predicted octanol–water partition coefficient (Wildman–Crippen LogP) is 0.909. The number of aromatic nitrogens is 1. The van der Waals surface area contributed by atoms with Crippen LogP contribution < -0.4 is 21.7 Å². The van der Waals surface area contributed by atoms with E-state index in [1.54, 1.807) is 27.7 Å². The van der Waals surface area contributed by atoms with Crippen LogP contribution in [0.15, 0.2) is 30.5 Å². The van der Waals surface area contributed by atoms with Gasteiger partial charge in [0, 0.05) is 17.1 Å². The fraction of sp³-hybridized carbons (Fsp3) is 0.500. The van der Waals surface area contributed by atoms with E-state index >= 15 is 0 Å². The van der Waals surface area contributed by atoms with Crippen LogP contribution in [0.5, 0.6) is 0 Å². The molecule has 10 heteroatoms. The molecular formula is C24H35N5O5. The molecule has 7 N–H and O–H groups in total. The molecular weight excluding hydrogens is 438 g/mol. The van der Waals surface area contributed by atoms with Crippen molar-refractivity contribution in [3.8, 4) is 0 Å². The molecule has 4 atom stereocenters. The molecule has 3 amide bonds. The molecule has 0 saturated heterocycles. The Balaban J connectivity index is 2.00. The van der Waals surface area contributed by atoms with E-state index < -0.39 is 47.9 Å². The van der Waals surface area contributed by atoms with Crippen LogP contribution in [-0.2, 0) is 25.6 Å². The number of carbonyl (C=O) groups is 4. The number of aliphatic carboxylic acids is 1. The average molecular weight is 474 g/mol. The highest BCUT2D eigenvalue weighted by atomic mass is 16.4. The quantitative estimate of drug-likeness (QED) is 0.284. The van der Waals surface area contributed by atoms with Gasteiger partial charge in [-0.25, -0.2) is 4.79 Å². The first kappa shape index (κ1) is 26.8. The Morgan fingerprint density at radius 2 is 1.47 bits per heavy atom. The lowest BCUT2D eigenvalue weighted by molar-refractivity contribution is -0.143. The SMILES string of the molecule is CC(NC(=O)C(NC(=O)C(N)Cc1c[nH]c2ccccc12)C(C)C)C(=O)NC(C(=O)O)C(C)C. The van der Waals surface area contributed by atoms with Gasteiger partial charge < -0.3 is 31.8 Å². The van der Waals surface area contributed by atoms with Gasteiger partial charge >= 0.3 is 5.97 Å². The Labute approximate surface area is 199 Å². The topological polar surface area (TPSA) is 166 Å². The average Bonchev–Trinajstić information content (AvgIpc) is 3.17. The van der Waals surface area contributed by atoms with E-state index in [4.69, 9.17) is 5.73 Å². The second-order valence-corrected chi connectivity index (χ2v) is 9.20. The zero-order valence-electron chi connectivity index (χ0n) is 20.2. The minimum Gasteiger partial charge on any atom is -0.480 e. The van der Waals surface area contributed by atoms with Gasteiger partial charge in [0.25, 0.3) is 0 Å². The van der Waals surface area contributed by atoms with Crippen LogP contribution in [0.25, 0.3) is 10.9 Å². The lowest BCUT2D eigenvalue weighted by Gasteiger charge is -2.26. The van der Waals surface area contributed by atoms with Crippen LogP contribution >= 0.6 is 0 Å². The van der Waals surface area contributed by atoms with E-state index in [9.17, 15) is 24.3 Å². The first-order valence-electron chi connectivity index (χ1n) is 11.4. The van der Waals surface area contributed by atoms with Crippen LogP contribution in [0.3, 0.4) is 0 Å². The molecule has 186 valence electrons. The first-order chi connectivity index (χ1) is 15.9. The number of benzene rings is 1. The maximum Gasteiger partial charge on any atom is 0.326 e. The summed E-state index contributed by atoms with van der Waals surface area (Å²) in [7, 11) is 0. The molecule has 1 aromatic carbocycles. The molecule has 0 spiro atoms. The number of carboxylic acid groups (broad SMARTS) is 1. The van der Waals surface area contributed by atoms with Gasteiger partial charge in [0.15, 0.2) is 0 Å². The number of carboxylic acids is 1. The minimum atomic E-state index is -1.15. The summed E-state index contributed by atoms with van der Waals surface area (Å²) in [6.07, 6.45) is 2.10. The fourth-order valence-electron chi connectivity index (χ4n) is 3.59. The van der Waals surface area contributed by atoms with Crippen molar-refractivity contribution in [3.05, 3.63) is 36.0 Å². The van der Waals surface area contributed by atoms with E-state index in [2.05, 4.69) is 20.9 Å². The van der Waals surface area contributed by atoms with Crippen LogP contribution in [0.4, 0.5) is 0 Å². The molecule has 1 aromatic heterocycles. The van der Waals surface area contributed by atoms with Gasteiger partial charge in [-0.05, 0) is 36.8 Å². The number of amides is 3. The van der Waals surface area contributed by atoms with Crippen molar-refractivity contribution >= 4 is 34.6 Å². The number of hydrogen-bond acceptors (Lipinski definition) is 5. The maximum atomic E-state index is 12.8. The molecule has 0 aliphatic carbocycles. The molecule has 34 heavy (non-hydrogen) atoms. The van der Waals surface area contributed by atoms with Gasteiger partial charge in [-0.15, -0.1) is 0 Å². The third-order valence-electron chi connectivity index (χ3n) is 5.68. The fourth-order valence-corrected chi connectivity index (χ4v) is 3.59. The summed E-state index contributed by atoms with van der Waals surface area (Å²) in [5, 5.41) is 17.9. The summed E-state index contributed by atoms with van der Waals surface area (Å²) in [5.74, 6) is -3.42. The summed E-state index contributed by atoms with van der Waals surface area (Å²) in [6.45, 7) is 8.33. The lowest BCUT2D eigenvalue weighted by Crippen LogP contribution is -2.58. The lowest BCUT2D eigenvalue weighted by atomic mass is 10.0. The number of hydrogen-bond donors (Lipinski definition) is 6. The van der Waals surface area contributed by atoms with Crippen LogP contribution in [0.2, 0.25) is 0 Å². The summed E-state index contributed by atoms with van der Waals surface area (Å²) in [6, 6.07) is 3.82. The minimum absolute atomic E-state index is 0.276. The second-order valence-electron chi connectivity index (χ2n) is 9.20. The zero-order chi connectivity index (χ0) is 25.6. The van der Waals surface area contributed by atoms with Gasteiger partial charge in [0.2, 0.25) is 17.7 Å². The Hall–Kier alpha value is -3.40. The first-order valence-corrected chi connectivity index (χ1v) is 11.4. The van der Waals surface area contributed by atoms with Crippen molar-refractivity contribution in [2.24, 2.45) is 17.6 Å². The second kappa shape index (κ2) is 11.6. The smallest absolute Gasteiger partial charge is 0.326 e. The Kier molecular flexibility index (Phi) is 9.19. The number of rotatable bonds is 11. The van der Waals surface area contributed by atoms with Crippen LogP contribution in [0, 0.1) is 11.8 Å². The Morgan fingerprint density at radius 3 is 2.06 bits per heavy atom. The van der Waals surface area contributed by atoms with Gasteiger partial charge in [0.05, 0.1) is 6.04 Å². The van der Waals surface area contributed by atoms with E-state index in [-0.39, 0.29) is 18.3 Å². The zero-order valence-corrected chi connectivity index (χ0v) is 20.2. The number of para-hydroxylation sites is 1. The molecule has 0 saturated carbocycles. The van der Waals surface area contributed by atoms with Crippen molar-refractivity contribution in [1.29, 1.82) is 0 Å². The van der Waals surface area contributed by atoms with E-state index in [1.807, 2.05) is 30.5 Å². The van der Waals surface area contributed by atoms with E-state index in [0.717, 1.165) is 16.5 Å². The number of nitrogens with two attached hydrogens (primary N) is 1. The van der Waals surface area contributed by atoms with Crippen molar-refractivity contribution in [3.63, 3.8) is 0 Å². The van der Waals surface area contributed by atoms with Crippen LogP contribution in [-0.4, -0.2) is 57.9 Å². The standard InChI is InChI=1S/C24H35N5O5/c1-12(2)19(23(32)27-14(5)21(30)29-20(13(3)4)24(33)34)28-22(31)17(25)10-15-11-26-18-9-7-6-8-16(15)18/h6-9,11-14,17,19-20,26H,10,25H2,1-5H3,(H,27,32)(H,28,31)(H,29,30)(H,33,34). The van der Waals surface area contributed by atoms with E-state index in [0.29, 0.717) is 0 Å². The van der Waals surface area contributed by atoms with Gasteiger partial charge in [0.1, 0.15) is 18.1 Å². The van der Waals surface area contributed by atoms with E-state index in [1.165, 1.54) is 6.92 Å². The van der Waals surface area contributed by atoms with Crippen molar-refractivity contribution < 1.29 is 24.3 Å². The Bertz CT molecular complexity index is 1030. The summed E-state index contributed by atoms with van der Waals surface area (Å²) in [5.41, 5.74) is 7.97. The number of carbonyl (C=O) groups excluding carboxylic acids is 3. The number of H-pyrrole nitrogens is 1. The van der Waals surface area contributed by atoms with Gasteiger partial charge in [-0.3, -0.25) is 14.4 Å². The predicted molar refractivity (Wildman–Crippen MR) is 129 cm³/mol. The molecule has 0 aliphatic heterocycles. The summed E-state index contributed by atoms with van der Waals surface area (Å²) >= 11 is 0. The molecule has 10 nitrogen and oxygen atoms in total. The molecule has 0 aliphatic rings. The van der Waals surface area contributed by atoms with Crippen molar-refractivity contribution in [1.82, 2.24) is 20.9 Å². The maximum absolute atomic E-state index is 12.8.